The largest absolute Gasteiger partial charge is 0.481 e. The summed E-state index contributed by atoms with van der Waals surface area (Å²) in [5.41, 5.74) is 2.47. The Bertz CT molecular complexity index is 575. The maximum absolute atomic E-state index is 11.5. The van der Waals surface area contributed by atoms with Crippen molar-refractivity contribution in [2.75, 3.05) is 0 Å². The molecule has 2 aromatic carbocycles. The predicted molar refractivity (Wildman–Crippen MR) is 92.4 cm³/mol. The molecule has 2 aromatic rings. The van der Waals surface area contributed by atoms with Gasteiger partial charge in [0.1, 0.15) is 0 Å². The normalized spacial score (nSPS) is 16.6. The summed E-state index contributed by atoms with van der Waals surface area (Å²) in [5, 5.41) is 9.49. The van der Waals surface area contributed by atoms with E-state index in [1.165, 1.54) is 24.0 Å². The fourth-order valence-corrected chi connectivity index (χ4v) is 4.15. The first kappa shape index (κ1) is 15.8. The summed E-state index contributed by atoms with van der Waals surface area (Å²) in [4.78, 5) is 11.5. The van der Waals surface area contributed by atoms with Crippen LogP contribution in [-0.4, -0.2) is 11.1 Å². The molecule has 0 spiro atoms. The van der Waals surface area contributed by atoms with Gasteiger partial charge in [-0.05, 0) is 23.0 Å². The minimum atomic E-state index is -0.682. The highest BCUT2D eigenvalue weighted by Gasteiger charge is 2.34. The van der Waals surface area contributed by atoms with E-state index in [2.05, 4.69) is 48.5 Å². The molecule has 0 bridgehead atoms. The zero-order valence-corrected chi connectivity index (χ0v) is 13.4. The minimum absolute atomic E-state index is 0.164. The van der Waals surface area contributed by atoms with E-state index in [0.717, 1.165) is 12.8 Å². The molecule has 2 nitrogen and oxygen atoms in total. The van der Waals surface area contributed by atoms with E-state index in [0.29, 0.717) is 5.92 Å². The summed E-state index contributed by atoms with van der Waals surface area (Å²) < 4.78 is 0. The summed E-state index contributed by atoms with van der Waals surface area (Å²) >= 11 is 0. The van der Waals surface area contributed by atoms with Crippen molar-refractivity contribution in [3.05, 3.63) is 71.8 Å². The van der Waals surface area contributed by atoms with Crippen LogP contribution in [0.4, 0.5) is 0 Å². The molecule has 3 rings (SSSR count). The van der Waals surface area contributed by atoms with E-state index in [9.17, 15) is 9.90 Å². The molecule has 2 heteroatoms. The average molecular weight is 308 g/mol. The summed E-state index contributed by atoms with van der Waals surface area (Å²) in [6.07, 6.45) is 5.04. The Morgan fingerprint density at radius 2 is 1.39 bits per heavy atom. The fourth-order valence-electron chi connectivity index (χ4n) is 4.15. The van der Waals surface area contributed by atoms with Crippen molar-refractivity contribution >= 4 is 5.97 Å². The topological polar surface area (TPSA) is 37.3 Å². The van der Waals surface area contributed by atoms with Crippen molar-refractivity contribution in [2.45, 2.75) is 38.0 Å². The number of aliphatic carboxylic acids is 1. The Balaban J connectivity index is 2.02. The smallest absolute Gasteiger partial charge is 0.303 e. The first-order valence-electron chi connectivity index (χ1n) is 8.57. The average Bonchev–Trinajstić information content (AvgIpc) is 3.10. The second-order valence-electron chi connectivity index (χ2n) is 6.61. The van der Waals surface area contributed by atoms with Gasteiger partial charge in [-0.3, -0.25) is 4.79 Å². The molecule has 0 aromatic heterocycles. The maximum atomic E-state index is 11.5. The fraction of sp³-hybridized carbons (Fsp3) is 0.381. The quantitative estimate of drug-likeness (QED) is 0.806. The van der Waals surface area contributed by atoms with Gasteiger partial charge in [0.25, 0.3) is 0 Å². The Kier molecular flexibility index (Phi) is 5.12. The Morgan fingerprint density at radius 1 is 0.913 bits per heavy atom. The van der Waals surface area contributed by atoms with Gasteiger partial charge in [0.05, 0.1) is 0 Å². The molecule has 0 saturated heterocycles. The third kappa shape index (κ3) is 3.82. The van der Waals surface area contributed by atoms with Crippen molar-refractivity contribution in [3.63, 3.8) is 0 Å². The molecule has 0 amide bonds. The summed E-state index contributed by atoms with van der Waals surface area (Å²) in [6.45, 7) is 0. The molecule has 1 N–H and O–H groups in total. The van der Waals surface area contributed by atoms with Crippen molar-refractivity contribution in [3.8, 4) is 0 Å². The van der Waals surface area contributed by atoms with Crippen LogP contribution in [0.15, 0.2) is 60.7 Å². The molecule has 23 heavy (non-hydrogen) atoms. The molecule has 0 radical (unpaired) electrons. The molecule has 1 saturated carbocycles. The summed E-state index contributed by atoms with van der Waals surface area (Å²) in [5.74, 6) is 0.159. The Morgan fingerprint density at radius 3 is 1.83 bits per heavy atom. The number of rotatable bonds is 6. The van der Waals surface area contributed by atoms with E-state index < -0.39 is 5.97 Å². The van der Waals surface area contributed by atoms with Gasteiger partial charge in [0.2, 0.25) is 0 Å². The van der Waals surface area contributed by atoms with Gasteiger partial charge in [-0.15, -0.1) is 0 Å². The lowest BCUT2D eigenvalue weighted by molar-refractivity contribution is -0.138. The highest BCUT2D eigenvalue weighted by Crippen LogP contribution is 2.44. The number of hydrogen-bond acceptors (Lipinski definition) is 1. The first-order chi connectivity index (χ1) is 11.3. The van der Waals surface area contributed by atoms with Crippen molar-refractivity contribution in [2.24, 2.45) is 11.8 Å². The van der Waals surface area contributed by atoms with Gasteiger partial charge < -0.3 is 5.11 Å². The third-order valence-electron chi connectivity index (χ3n) is 5.16. The summed E-state index contributed by atoms with van der Waals surface area (Å²) in [6, 6.07) is 20.8. The molecule has 1 fully saturated rings. The lowest BCUT2D eigenvalue weighted by atomic mass is 9.72. The lowest BCUT2D eigenvalue weighted by Crippen LogP contribution is -2.24. The molecule has 1 atom stereocenters. The lowest BCUT2D eigenvalue weighted by Gasteiger charge is -2.32. The first-order valence-corrected chi connectivity index (χ1v) is 8.57. The zero-order valence-electron chi connectivity index (χ0n) is 13.4. The van der Waals surface area contributed by atoms with E-state index in [1.54, 1.807) is 0 Å². The van der Waals surface area contributed by atoms with Crippen LogP contribution in [0.25, 0.3) is 0 Å². The molecule has 1 unspecified atom stereocenters. The van der Waals surface area contributed by atoms with Gasteiger partial charge in [-0.2, -0.15) is 0 Å². The maximum Gasteiger partial charge on any atom is 0.303 e. The Hall–Kier alpha value is -2.09. The van der Waals surface area contributed by atoms with E-state index in [-0.39, 0.29) is 18.3 Å². The molecule has 1 aliphatic carbocycles. The SMILES string of the molecule is O=C(O)CC(C1CCCC1)C(c1ccccc1)c1ccccc1. The van der Waals surface area contributed by atoms with Gasteiger partial charge >= 0.3 is 5.97 Å². The molecule has 1 aliphatic rings. The standard InChI is InChI=1S/C21H24O2/c22-20(23)15-19(16-9-7-8-10-16)21(17-11-3-1-4-12-17)18-13-5-2-6-14-18/h1-6,11-14,16,19,21H,7-10,15H2,(H,22,23). The van der Waals surface area contributed by atoms with Crippen LogP contribution < -0.4 is 0 Å². The van der Waals surface area contributed by atoms with Crippen LogP contribution in [0.2, 0.25) is 0 Å². The third-order valence-corrected chi connectivity index (χ3v) is 5.16. The van der Waals surface area contributed by atoms with Crippen LogP contribution in [-0.2, 0) is 4.79 Å². The van der Waals surface area contributed by atoms with Crippen LogP contribution in [0.1, 0.15) is 49.1 Å². The van der Waals surface area contributed by atoms with Crippen LogP contribution >= 0.6 is 0 Å². The van der Waals surface area contributed by atoms with E-state index in [1.807, 2.05) is 12.1 Å². The van der Waals surface area contributed by atoms with Crippen LogP contribution in [0.5, 0.6) is 0 Å². The van der Waals surface area contributed by atoms with Gasteiger partial charge in [-0.1, -0.05) is 86.3 Å². The van der Waals surface area contributed by atoms with Crippen LogP contribution in [0.3, 0.4) is 0 Å². The van der Waals surface area contributed by atoms with Crippen LogP contribution in [0, 0.1) is 11.8 Å². The second kappa shape index (κ2) is 7.45. The van der Waals surface area contributed by atoms with E-state index in [4.69, 9.17) is 0 Å². The monoisotopic (exact) mass is 308 g/mol. The summed E-state index contributed by atoms with van der Waals surface area (Å²) in [7, 11) is 0. The molecule has 0 aliphatic heterocycles. The number of carbonyl (C=O) groups is 1. The predicted octanol–water partition coefficient (Wildman–Crippen LogP) is 5.10. The highest BCUT2D eigenvalue weighted by atomic mass is 16.4. The van der Waals surface area contributed by atoms with Gasteiger partial charge in [0.15, 0.2) is 0 Å². The van der Waals surface area contributed by atoms with Gasteiger partial charge in [0, 0.05) is 12.3 Å². The zero-order chi connectivity index (χ0) is 16.1. The van der Waals surface area contributed by atoms with Gasteiger partial charge in [-0.25, -0.2) is 0 Å². The number of carboxylic acids is 1. The highest BCUT2D eigenvalue weighted by molar-refractivity contribution is 5.67. The number of hydrogen-bond donors (Lipinski definition) is 1. The Labute approximate surface area is 138 Å². The molecule has 120 valence electrons. The van der Waals surface area contributed by atoms with Crippen molar-refractivity contribution in [1.29, 1.82) is 0 Å². The van der Waals surface area contributed by atoms with Crippen molar-refractivity contribution in [1.82, 2.24) is 0 Å². The second-order valence-corrected chi connectivity index (χ2v) is 6.61. The molecular formula is C21H24O2. The molecular weight excluding hydrogens is 284 g/mol. The molecule has 0 heterocycles. The van der Waals surface area contributed by atoms with E-state index >= 15 is 0 Å². The van der Waals surface area contributed by atoms with Crippen molar-refractivity contribution < 1.29 is 9.90 Å². The minimum Gasteiger partial charge on any atom is -0.481 e. The number of benzene rings is 2. The number of carboxylic acid groups (broad SMARTS) is 1.